The average molecular weight is 360 g/mol. The monoisotopic (exact) mass is 360 g/mol. The molecule has 3 aromatic rings. The van der Waals surface area contributed by atoms with Gasteiger partial charge >= 0.3 is 5.63 Å². The van der Waals surface area contributed by atoms with Crippen LogP contribution in [0.1, 0.15) is 35.2 Å². The van der Waals surface area contributed by atoms with Crippen molar-refractivity contribution in [3.05, 3.63) is 63.1 Å². The molecular formula is C22H20N2O3. The Labute approximate surface area is 156 Å². The molecule has 3 heterocycles. The number of hydrogen-bond donors (Lipinski definition) is 1. The Morgan fingerprint density at radius 1 is 1.11 bits per heavy atom. The van der Waals surface area contributed by atoms with Crippen LogP contribution in [-0.4, -0.2) is 23.2 Å². The summed E-state index contributed by atoms with van der Waals surface area (Å²) in [6.45, 7) is 2.15. The van der Waals surface area contributed by atoms with Gasteiger partial charge in [-0.1, -0.05) is 18.2 Å². The van der Waals surface area contributed by atoms with E-state index in [1.54, 1.807) is 30.4 Å². The number of hydrogen-bond acceptors (Lipinski definition) is 5. The summed E-state index contributed by atoms with van der Waals surface area (Å²) in [6.07, 6.45) is 7.61. The number of benzene rings is 2. The second-order valence-electron chi connectivity index (χ2n) is 7.22. The lowest BCUT2D eigenvalue weighted by Crippen LogP contribution is -2.34. The van der Waals surface area contributed by atoms with E-state index in [0.717, 1.165) is 55.4 Å². The molecule has 0 aliphatic carbocycles. The normalized spacial score (nSPS) is 16.1. The number of rotatable bonds is 2. The predicted octanol–water partition coefficient (Wildman–Crippen LogP) is 3.76. The van der Waals surface area contributed by atoms with Gasteiger partial charge in [0.2, 0.25) is 0 Å². The molecule has 0 fully saturated rings. The molecule has 0 amide bonds. The van der Waals surface area contributed by atoms with Crippen molar-refractivity contribution in [2.45, 2.75) is 25.7 Å². The first-order chi connectivity index (χ1) is 13.2. The van der Waals surface area contributed by atoms with Gasteiger partial charge in [-0.15, -0.1) is 0 Å². The minimum atomic E-state index is -0.428. The van der Waals surface area contributed by atoms with Gasteiger partial charge in [0, 0.05) is 24.3 Å². The first-order valence-corrected chi connectivity index (χ1v) is 9.41. The quantitative estimate of drug-likeness (QED) is 0.754. The summed E-state index contributed by atoms with van der Waals surface area (Å²) in [7, 11) is 0. The summed E-state index contributed by atoms with van der Waals surface area (Å²) in [5.74, 6) is 0.186. The van der Waals surface area contributed by atoms with Crippen molar-refractivity contribution in [2.75, 3.05) is 18.0 Å². The van der Waals surface area contributed by atoms with Crippen LogP contribution < -0.4 is 10.5 Å². The second-order valence-corrected chi connectivity index (χ2v) is 7.22. The molecule has 1 N–H and O–H groups in total. The molecule has 136 valence electrons. The van der Waals surface area contributed by atoms with Crippen molar-refractivity contribution in [3.63, 3.8) is 0 Å². The lowest BCUT2D eigenvalue weighted by atomic mass is 9.91. The molecule has 2 aromatic carbocycles. The van der Waals surface area contributed by atoms with Crippen LogP contribution in [0.15, 0.2) is 39.5 Å². The number of fused-ring (bicyclic) bond motifs is 2. The van der Waals surface area contributed by atoms with Crippen LogP contribution in [0.2, 0.25) is 0 Å². The van der Waals surface area contributed by atoms with E-state index in [4.69, 9.17) is 4.42 Å². The fourth-order valence-corrected chi connectivity index (χ4v) is 4.24. The molecule has 1 aromatic heterocycles. The minimum Gasteiger partial charge on any atom is -0.508 e. The summed E-state index contributed by atoms with van der Waals surface area (Å²) in [5, 5.41) is 9.57. The van der Waals surface area contributed by atoms with Crippen LogP contribution in [0.25, 0.3) is 23.3 Å². The van der Waals surface area contributed by atoms with Crippen molar-refractivity contribution in [1.29, 1.82) is 0 Å². The Balaban J connectivity index is 1.63. The highest BCUT2D eigenvalue weighted by molar-refractivity contribution is 5.86. The molecule has 0 radical (unpaired) electrons. The van der Waals surface area contributed by atoms with Crippen LogP contribution in [-0.2, 0) is 12.8 Å². The number of aromatic nitrogens is 1. The zero-order valence-electron chi connectivity index (χ0n) is 14.9. The van der Waals surface area contributed by atoms with E-state index in [1.807, 2.05) is 6.07 Å². The Kier molecular flexibility index (Phi) is 3.74. The minimum absolute atomic E-state index is 0.186. The lowest BCUT2D eigenvalue weighted by Gasteiger charge is -2.36. The Morgan fingerprint density at radius 2 is 1.96 bits per heavy atom. The van der Waals surface area contributed by atoms with Gasteiger partial charge in [-0.05, 0) is 61.1 Å². The third-order valence-electron chi connectivity index (χ3n) is 5.40. The number of aryl methyl sites for hydroxylation is 2. The van der Waals surface area contributed by atoms with Gasteiger partial charge in [-0.3, -0.25) is 0 Å². The van der Waals surface area contributed by atoms with Gasteiger partial charge in [-0.25, -0.2) is 9.78 Å². The van der Waals surface area contributed by atoms with Crippen LogP contribution in [0.4, 0.5) is 5.69 Å². The Bertz CT molecular complexity index is 1130. The fraction of sp³-hybridized carbons (Fsp3) is 0.273. The third-order valence-corrected chi connectivity index (χ3v) is 5.40. The molecule has 5 heteroatoms. The first-order valence-electron chi connectivity index (χ1n) is 9.41. The Morgan fingerprint density at radius 3 is 2.81 bits per heavy atom. The molecule has 0 bridgehead atoms. The van der Waals surface area contributed by atoms with Gasteiger partial charge in [0.1, 0.15) is 17.0 Å². The number of phenolic OH excluding ortho intramolecular Hbond substituents is 1. The number of phenols is 1. The van der Waals surface area contributed by atoms with Gasteiger partial charge < -0.3 is 14.4 Å². The summed E-state index contributed by atoms with van der Waals surface area (Å²) >= 11 is 0. The number of anilines is 1. The van der Waals surface area contributed by atoms with Gasteiger partial charge in [0.25, 0.3) is 0 Å². The molecular weight excluding hydrogens is 340 g/mol. The van der Waals surface area contributed by atoms with Crippen molar-refractivity contribution in [2.24, 2.45) is 0 Å². The van der Waals surface area contributed by atoms with Gasteiger partial charge in [0.15, 0.2) is 5.58 Å². The fourth-order valence-electron chi connectivity index (χ4n) is 4.24. The number of nitrogens with zero attached hydrogens (tertiary/aromatic N) is 2. The summed E-state index contributed by atoms with van der Waals surface area (Å²) in [5.41, 5.74) is 5.77. The highest BCUT2D eigenvalue weighted by Crippen LogP contribution is 2.39. The molecule has 0 saturated carbocycles. The van der Waals surface area contributed by atoms with E-state index >= 15 is 0 Å². The highest BCUT2D eigenvalue weighted by Gasteiger charge is 2.27. The van der Waals surface area contributed by atoms with Crippen molar-refractivity contribution in [1.82, 2.24) is 4.98 Å². The third kappa shape index (κ3) is 2.79. The second kappa shape index (κ2) is 6.27. The van der Waals surface area contributed by atoms with Crippen LogP contribution in [0.5, 0.6) is 5.75 Å². The first kappa shape index (κ1) is 16.1. The van der Waals surface area contributed by atoms with E-state index in [1.165, 1.54) is 11.3 Å². The summed E-state index contributed by atoms with van der Waals surface area (Å²) in [4.78, 5) is 19.5. The maximum atomic E-state index is 12.5. The van der Waals surface area contributed by atoms with Crippen molar-refractivity contribution < 1.29 is 9.52 Å². The Hall–Kier alpha value is -3.08. The molecule has 0 saturated heterocycles. The number of aromatic hydroxyl groups is 1. The van der Waals surface area contributed by atoms with Gasteiger partial charge in [0.05, 0.1) is 0 Å². The van der Waals surface area contributed by atoms with E-state index < -0.39 is 5.63 Å². The molecule has 2 aliphatic heterocycles. The maximum Gasteiger partial charge on any atom is 0.362 e. The predicted molar refractivity (Wildman–Crippen MR) is 106 cm³/mol. The van der Waals surface area contributed by atoms with Crippen molar-refractivity contribution in [3.8, 4) is 5.75 Å². The molecule has 0 unspecified atom stereocenters. The topological polar surface area (TPSA) is 66.6 Å². The average Bonchev–Trinajstić information content (AvgIpc) is 2.67. The molecule has 0 spiro atoms. The standard InChI is InChI=1S/C22H20N2O3/c25-16-6-1-4-14(12-16)8-9-18-22(26)27-21-17-7-3-11-24-10-2-5-15(20(17)24)13-19(21)23-18/h1,4,6,8-9,12-13,25H,2-3,5,7,10-11H2/b9-8+. The molecule has 27 heavy (non-hydrogen) atoms. The maximum absolute atomic E-state index is 12.5. The largest absolute Gasteiger partial charge is 0.508 e. The lowest BCUT2D eigenvalue weighted by molar-refractivity contribution is 0.475. The summed E-state index contributed by atoms with van der Waals surface area (Å²) < 4.78 is 5.73. The zero-order chi connectivity index (χ0) is 18.4. The van der Waals surface area contributed by atoms with Crippen LogP contribution in [0, 0.1) is 0 Å². The van der Waals surface area contributed by atoms with Crippen LogP contribution in [0.3, 0.4) is 0 Å². The van der Waals surface area contributed by atoms with E-state index in [-0.39, 0.29) is 11.4 Å². The van der Waals surface area contributed by atoms with E-state index in [9.17, 15) is 9.90 Å². The zero-order valence-corrected chi connectivity index (χ0v) is 14.9. The summed E-state index contributed by atoms with van der Waals surface area (Å²) in [6, 6.07) is 8.94. The molecule has 2 aliphatic rings. The smallest absolute Gasteiger partial charge is 0.362 e. The van der Waals surface area contributed by atoms with Crippen molar-refractivity contribution >= 4 is 28.9 Å². The van der Waals surface area contributed by atoms with Crippen LogP contribution >= 0.6 is 0 Å². The molecule has 5 rings (SSSR count). The SMILES string of the molecule is O=c1oc2c3c4c(cc2nc1/C=C/c1cccc(O)c1)CCCN4CCC3. The highest BCUT2D eigenvalue weighted by atomic mass is 16.4. The van der Waals surface area contributed by atoms with Gasteiger partial charge in [-0.2, -0.15) is 0 Å². The molecule has 0 atom stereocenters. The van der Waals surface area contributed by atoms with E-state index in [0.29, 0.717) is 5.58 Å². The molecule has 5 nitrogen and oxygen atoms in total. The van der Waals surface area contributed by atoms with E-state index in [2.05, 4.69) is 16.0 Å².